The number of anilines is 1. The molecule has 0 amide bonds. The lowest BCUT2D eigenvalue weighted by Gasteiger charge is -2.14. The third-order valence-electron chi connectivity index (χ3n) is 2.72. The molecular formula is C14H16FNO2. The van der Waals surface area contributed by atoms with E-state index >= 15 is 0 Å². The smallest absolute Gasteiger partial charge is 0.165 e. The lowest BCUT2D eigenvalue weighted by atomic mass is 10.2. The van der Waals surface area contributed by atoms with Crippen molar-refractivity contribution in [2.45, 2.75) is 19.9 Å². The van der Waals surface area contributed by atoms with Gasteiger partial charge in [-0.05, 0) is 38.1 Å². The van der Waals surface area contributed by atoms with E-state index in [1.165, 1.54) is 13.2 Å². The minimum absolute atomic E-state index is 0.00821. The van der Waals surface area contributed by atoms with Gasteiger partial charge in [0.1, 0.15) is 11.5 Å². The molecule has 1 aromatic heterocycles. The predicted molar refractivity (Wildman–Crippen MR) is 68.4 cm³/mol. The second-order valence-electron chi connectivity index (χ2n) is 4.16. The van der Waals surface area contributed by atoms with Gasteiger partial charge in [-0.1, -0.05) is 0 Å². The molecule has 0 spiro atoms. The third-order valence-corrected chi connectivity index (χ3v) is 2.72. The van der Waals surface area contributed by atoms with Crippen LogP contribution in [0.5, 0.6) is 5.75 Å². The minimum atomic E-state index is -0.371. The Morgan fingerprint density at radius 3 is 2.67 bits per heavy atom. The van der Waals surface area contributed by atoms with Crippen LogP contribution in [0, 0.1) is 12.7 Å². The van der Waals surface area contributed by atoms with Crippen molar-refractivity contribution in [3.8, 4) is 5.75 Å². The van der Waals surface area contributed by atoms with Gasteiger partial charge in [0.05, 0.1) is 13.2 Å². The van der Waals surface area contributed by atoms with Crippen LogP contribution in [0.1, 0.15) is 24.5 Å². The monoisotopic (exact) mass is 249 g/mol. The molecule has 3 nitrogen and oxygen atoms in total. The van der Waals surface area contributed by atoms with E-state index in [4.69, 9.17) is 9.15 Å². The molecule has 1 N–H and O–H groups in total. The van der Waals surface area contributed by atoms with Gasteiger partial charge in [0.15, 0.2) is 11.6 Å². The molecule has 0 saturated carbocycles. The zero-order valence-corrected chi connectivity index (χ0v) is 10.7. The predicted octanol–water partition coefficient (Wildman–Crippen LogP) is 3.91. The molecule has 0 aliphatic carbocycles. The Kier molecular flexibility index (Phi) is 3.55. The molecule has 0 aliphatic rings. The van der Waals surface area contributed by atoms with Gasteiger partial charge < -0.3 is 14.5 Å². The first kappa shape index (κ1) is 12.5. The molecule has 2 rings (SSSR count). The first-order chi connectivity index (χ1) is 8.60. The van der Waals surface area contributed by atoms with Crippen LogP contribution in [-0.2, 0) is 0 Å². The molecular weight excluding hydrogens is 233 g/mol. The highest BCUT2D eigenvalue weighted by Crippen LogP contribution is 2.25. The summed E-state index contributed by atoms with van der Waals surface area (Å²) in [6, 6.07) is 8.52. The normalized spacial score (nSPS) is 12.2. The highest BCUT2D eigenvalue weighted by atomic mass is 19.1. The number of methoxy groups -OCH3 is 1. The van der Waals surface area contributed by atoms with E-state index in [9.17, 15) is 4.39 Å². The van der Waals surface area contributed by atoms with E-state index < -0.39 is 0 Å². The van der Waals surface area contributed by atoms with Gasteiger partial charge in [0, 0.05) is 11.8 Å². The fourth-order valence-corrected chi connectivity index (χ4v) is 1.76. The molecule has 4 heteroatoms. The average Bonchev–Trinajstić information content (AvgIpc) is 2.78. The van der Waals surface area contributed by atoms with Crippen LogP contribution in [-0.4, -0.2) is 7.11 Å². The quantitative estimate of drug-likeness (QED) is 0.892. The third kappa shape index (κ3) is 2.64. The van der Waals surface area contributed by atoms with E-state index in [1.54, 1.807) is 12.1 Å². The number of ether oxygens (including phenoxy) is 1. The van der Waals surface area contributed by atoms with Crippen molar-refractivity contribution < 1.29 is 13.5 Å². The van der Waals surface area contributed by atoms with Gasteiger partial charge in [-0.2, -0.15) is 0 Å². The van der Waals surface area contributed by atoms with Crippen molar-refractivity contribution in [3.05, 3.63) is 47.7 Å². The molecule has 1 atom stereocenters. The van der Waals surface area contributed by atoms with Crippen molar-refractivity contribution in [2.24, 2.45) is 0 Å². The molecule has 1 unspecified atom stereocenters. The van der Waals surface area contributed by atoms with Crippen LogP contribution in [0.15, 0.2) is 34.7 Å². The summed E-state index contributed by atoms with van der Waals surface area (Å²) in [5.41, 5.74) is 0.787. The summed E-state index contributed by atoms with van der Waals surface area (Å²) in [5, 5.41) is 3.23. The molecule has 0 fully saturated rings. The standard InChI is InChI=1S/C14H16FNO2/c1-9-4-7-13(18-9)10(2)16-11-5-6-12(15)14(8-11)17-3/h4-8,10,16H,1-3H3. The molecule has 1 aromatic carbocycles. The lowest BCUT2D eigenvalue weighted by molar-refractivity contribution is 0.386. The van der Waals surface area contributed by atoms with Gasteiger partial charge in [-0.25, -0.2) is 4.39 Å². The Labute approximate surface area is 106 Å². The van der Waals surface area contributed by atoms with Crippen LogP contribution < -0.4 is 10.1 Å². The largest absolute Gasteiger partial charge is 0.494 e. The first-order valence-corrected chi connectivity index (χ1v) is 5.76. The average molecular weight is 249 g/mol. The summed E-state index contributed by atoms with van der Waals surface area (Å²) in [4.78, 5) is 0. The lowest BCUT2D eigenvalue weighted by Crippen LogP contribution is -2.05. The second-order valence-corrected chi connectivity index (χ2v) is 4.16. The number of aryl methyl sites for hydroxylation is 1. The van der Waals surface area contributed by atoms with Crippen molar-refractivity contribution in [1.82, 2.24) is 0 Å². The molecule has 0 bridgehead atoms. The van der Waals surface area contributed by atoms with E-state index in [2.05, 4.69) is 5.32 Å². The summed E-state index contributed by atoms with van der Waals surface area (Å²) < 4.78 is 23.7. The van der Waals surface area contributed by atoms with Gasteiger partial charge in [-0.3, -0.25) is 0 Å². The molecule has 0 aliphatic heterocycles. The number of rotatable bonds is 4. The molecule has 1 heterocycles. The van der Waals surface area contributed by atoms with E-state index in [1.807, 2.05) is 26.0 Å². The molecule has 96 valence electrons. The van der Waals surface area contributed by atoms with Gasteiger partial charge in [0.2, 0.25) is 0 Å². The Bertz CT molecular complexity index is 536. The van der Waals surface area contributed by atoms with E-state index in [0.717, 1.165) is 17.2 Å². The Morgan fingerprint density at radius 1 is 1.28 bits per heavy atom. The van der Waals surface area contributed by atoms with Gasteiger partial charge in [0.25, 0.3) is 0 Å². The van der Waals surface area contributed by atoms with Crippen molar-refractivity contribution in [1.29, 1.82) is 0 Å². The summed E-state index contributed by atoms with van der Waals surface area (Å²) in [5.74, 6) is 1.57. The van der Waals surface area contributed by atoms with E-state index in [0.29, 0.717) is 0 Å². The summed E-state index contributed by atoms with van der Waals surface area (Å²) in [6.45, 7) is 3.88. The van der Waals surface area contributed by atoms with Crippen LogP contribution >= 0.6 is 0 Å². The number of nitrogens with one attached hydrogen (secondary N) is 1. The van der Waals surface area contributed by atoms with Crippen molar-refractivity contribution in [3.63, 3.8) is 0 Å². The van der Waals surface area contributed by atoms with Crippen molar-refractivity contribution in [2.75, 3.05) is 12.4 Å². The van der Waals surface area contributed by atoms with Crippen LogP contribution in [0.2, 0.25) is 0 Å². The summed E-state index contributed by atoms with van der Waals surface area (Å²) in [6.07, 6.45) is 0. The summed E-state index contributed by atoms with van der Waals surface area (Å²) in [7, 11) is 1.45. The van der Waals surface area contributed by atoms with Crippen LogP contribution in [0.25, 0.3) is 0 Å². The minimum Gasteiger partial charge on any atom is -0.494 e. The maximum Gasteiger partial charge on any atom is 0.165 e. The zero-order chi connectivity index (χ0) is 13.1. The molecule has 2 aromatic rings. The van der Waals surface area contributed by atoms with Crippen molar-refractivity contribution >= 4 is 5.69 Å². The highest BCUT2D eigenvalue weighted by molar-refractivity contribution is 5.49. The fourth-order valence-electron chi connectivity index (χ4n) is 1.76. The topological polar surface area (TPSA) is 34.4 Å². The maximum atomic E-state index is 13.3. The number of furan rings is 1. The molecule has 0 radical (unpaired) electrons. The number of hydrogen-bond donors (Lipinski definition) is 1. The second kappa shape index (κ2) is 5.12. The highest BCUT2D eigenvalue weighted by Gasteiger charge is 2.10. The first-order valence-electron chi connectivity index (χ1n) is 5.76. The Balaban J connectivity index is 2.14. The van der Waals surface area contributed by atoms with Crippen LogP contribution in [0.4, 0.5) is 10.1 Å². The zero-order valence-electron chi connectivity index (χ0n) is 10.7. The van der Waals surface area contributed by atoms with Gasteiger partial charge in [-0.15, -0.1) is 0 Å². The number of hydrogen-bond acceptors (Lipinski definition) is 3. The van der Waals surface area contributed by atoms with Gasteiger partial charge >= 0.3 is 0 Å². The number of benzene rings is 1. The molecule has 18 heavy (non-hydrogen) atoms. The number of halogens is 1. The Hall–Kier alpha value is -1.97. The fraction of sp³-hybridized carbons (Fsp3) is 0.286. The SMILES string of the molecule is COc1cc(NC(C)c2ccc(C)o2)ccc1F. The Morgan fingerprint density at radius 2 is 2.06 bits per heavy atom. The maximum absolute atomic E-state index is 13.3. The summed E-state index contributed by atoms with van der Waals surface area (Å²) >= 11 is 0. The van der Waals surface area contributed by atoms with Crippen LogP contribution in [0.3, 0.4) is 0 Å². The van der Waals surface area contributed by atoms with E-state index in [-0.39, 0.29) is 17.6 Å². The molecule has 0 saturated heterocycles.